The summed E-state index contributed by atoms with van der Waals surface area (Å²) in [6.45, 7) is 0.169. The van der Waals surface area contributed by atoms with Crippen molar-refractivity contribution in [3.05, 3.63) is 35.6 Å². The molecule has 8 heteroatoms. The number of hydrogen-bond donors (Lipinski definition) is 2. The fourth-order valence-corrected chi connectivity index (χ4v) is 3.59. The SMILES string of the molecule is CN(CC(=O)NN1C(=O)NC2(CCCCC2)C1=O)Cc1ccccc1F. The van der Waals surface area contributed by atoms with Crippen LogP contribution in [-0.4, -0.2) is 46.9 Å². The van der Waals surface area contributed by atoms with E-state index in [1.54, 1.807) is 30.1 Å². The van der Waals surface area contributed by atoms with Gasteiger partial charge in [-0.15, -0.1) is 0 Å². The number of benzene rings is 1. The summed E-state index contributed by atoms with van der Waals surface area (Å²) in [5.74, 6) is -1.24. The molecule has 0 atom stereocenters. The molecule has 0 unspecified atom stereocenters. The molecule has 1 spiro atoms. The van der Waals surface area contributed by atoms with Gasteiger partial charge in [-0.05, 0) is 26.0 Å². The minimum absolute atomic E-state index is 0.0710. The van der Waals surface area contributed by atoms with Gasteiger partial charge < -0.3 is 5.32 Å². The number of carbonyl (C=O) groups is 3. The maximum atomic E-state index is 13.7. The predicted molar refractivity (Wildman–Crippen MR) is 92.1 cm³/mol. The zero-order chi connectivity index (χ0) is 18.7. The summed E-state index contributed by atoms with van der Waals surface area (Å²) in [5.41, 5.74) is 1.98. The second kappa shape index (κ2) is 7.41. The van der Waals surface area contributed by atoms with Crippen LogP contribution in [0.4, 0.5) is 9.18 Å². The van der Waals surface area contributed by atoms with Crippen LogP contribution in [0.25, 0.3) is 0 Å². The van der Waals surface area contributed by atoms with Gasteiger partial charge in [-0.25, -0.2) is 9.18 Å². The summed E-state index contributed by atoms with van der Waals surface area (Å²) >= 11 is 0. The average molecular weight is 362 g/mol. The Bertz CT molecular complexity index is 718. The fraction of sp³-hybridized carbons (Fsp3) is 0.500. The van der Waals surface area contributed by atoms with Gasteiger partial charge >= 0.3 is 6.03 Å². The first-order valence-electron chi connectivity index (χ1n) is 8.79. The molecule has 0 radical (unpaired) electrons. The molecule has 1 saturated heterocycles. The monoisotopic (exact) mass is 362 g/mol. The molecule has 1 saturated carbocycles. The summed E-state index contributed by atoms with van der Waals surface area (Å²) in [6.07, 6.45) is 3.98. The van der Waals surface area contributed by atoms with Crippen molar-refractivity contribution in [3.63, 3.8) is 0 Å². The standard InChI is InChI=1S/C18H23FN4O3/c1-22(11-13-7-3-4-8-14(13)19)12-15(24)21-23-16(25)18(20-17(23)26)9-5-2-6-10-18/h3-4,7-8H,2,5-6,9-12H2,1H3,(H,20,26)(H,21,24). The van der Waals surface area contributed by atoms with Gasteiger partial charge in [-0.1, -0.05) is 37.5 Å². The van der Waals surface area contributed by atoms with Crippen molar-refractivity contribution in [1.82, 2.24) is 20.7 Å². The van der Waals surface area contributed by atoms with Crippen LogP contribution in [0.5, 0.6) is 0 Å². The third-order valence-corrected chi connectivity index (χ3v) is 4.92. The molecule has 140 valence electrons. The topological polar surface area (TPSA) is 81.8 Å². The van der Waals surface area contributed by atoms with E-state index in [4.69, 9.17) is 0 Å². The maximum Gasteiger partial charge on any atom is 0.344 e. The Kier molecular flexibility index (Phi) is 5.22. The number of hydrogen-bond acceptors (Lipinski definition) is 4. The van der Waals surface area contributed by atoms with E-state index in [2.05, 4.69) is 10.7 Å². The molecule has 1 aliphatic carbocycles. The number of carbonyl (C=O) groups excluding carboxylic acids is 3. The fourth-order valence-electron chi connectivity index (χ4n) is 3.59. The molecule has 1 aromatic rings. The molecular weight excluding hydrogens is 339 g/mol. The lowest BCUT2D eigenvalue weighted by Gasteiger charge is -2.30. The molecule has 2 N–H and O–H groups in total. The molecular formula is C18H23FN4O3. The number of urea groups is 1. The van der Waals surface area contributed by atoms with E-state index in [-0.39, 0.29) is 18.9 Å². The first kappa shape index (κ1) is 18.3. The highest BCUT2D eigenvalue weighted by molar-refractivity contribution is 6.08. The second-order valence-corrected chi connectivity index (χ2v) is 7.01. The summed E-state index contributed by atoms with van der Waals surface area (Å²) in [5, 5.41) is 3.52. The third-order valence-electron chi connectivity index (χ3n) is 4.92. The molecule has 2 aliphatic rings. The van der Waals surface area contributed by atoms with Crippen LogP contribution >= 0.6 is 0 Å². The molecule has 0 bridgehead atoms. The lowest BCUT2D eigenvalue weighted by atomic mass is 9.82. The van der Waals surface area contributed by atoms with Gasteiger partial charge in [0, 0.05) is 12.1 Å². The van der Waals surface area contributed by atoms with Crippen LogP contribution in [0, 0.1) is 5.82 Å². The highest BCUT2D eigenvalue weighted by Gasteiger charge is 2.52. The Balaban J connectivity index is 1.57. The molecule has 4 amide bonds. The summed E-state index contributed by atoms with van der Waals surface area (Å²) in [4.78, 5) is 38.6. The van der Waals surface area contributed by atoms with Gasteiger partial charge in [0.25, 0.3) is 11.8 Å². The van der Waals surface area contributed by atoms with Gasteiger partial charge in [0.15, 0.2) is 0 Å². The quantitative estimate of drug-likeness (QED) is 0.779. The molecule has 26 heavy (non-hydrogen) atoms. The van der Waals surface area contributed by atoms with E-state index in [9.17, 15) is 18.8 Å². The van der Waals surface area contributed by atoms with E-state index in [0.717, 1.165) is 24.3 Å². The highest BCUT2D eigenvalue weighted by Crippen LogP contribution is 2.32. The van der Waals surface area contributed by atoms with Crippen LogP contribution in [0.3, 0.4) is 0 Å². The van der Waals surface area contributed by atoms with Gasteiger partial charge in [0.05, 0.1) is 6.54 Å². The van der Waals surface area contributed by atoms with Crippen molar-refractivity contribution < 1.29 is 18.8 Å². The first-order chi connectivity index (χ1) is 12.4. The number of nitrogens with one attached hydrogen (secondary N) is 2. The van der Waals surface area contributed by atoms with Gasteiger partial charge in [-0.2, -0.15) is 5.01 Å². The minimum atomic E-state index is -0.873. The number of likely N-dealkylation sites (N-methyl/N-ethyl adjacent to an activating group) is 1. The summed E-state index contributed by atoms with van der Waals surface area (Å²) in [6, 6.07) is 5.74. The van der Waals surface area contributed by atoms with E-state index < -0.39 is 23.4 Å². The van der Waals surface area contributed by atoms with Crippen molar-refractivity contribution in [2.24, 2.45) is 0 Å². The Hall–Kier alpha value is -2.48. The van der Waals surface area contributed by atoms with E-state index >= 15 is 0 Å². The van der Waals surface area contributed by atoms with Gasteiger partial charge in [0.1, 0.15) is 11.4 Å². The number of rotatable bonds is 5. The predicted octanol–water partition coefficient (Wildman–Crippen LogP) is 1.54. The first-order valence-corrected chi connectivity index (χ1v) is 8.79. The van der Waals surface area contributed by atoms with E-state index in [1.165, 1.54) is 6.07 Å². The number of imide groups is 1. The number of halogens is 1. The minimum Gasteiger partial charge on any atom is -0.322 e. The molecule has 2 fully saturated rings. The Morgan fingerprint density at radius 2 is 1.96 bits per heavy atom. The number of amides is 4. The molecule has 1 heterocycles. The normalized spacial score (nSPS) is 19.1. The van der Waals surface area contributed by atoms with E-state index in [1.807, 2.05) is 0 Å². The molecule has 1 aromatic carbocycles. The Labute approximate surface area is 151 Å². The van der Waals surface area contributed by atoms with Crippen LogP contribution in [0.15, 0.2) is 24.3 Å². The van der Waals surface area contributed by atoms with Crippen molar-refractivity contribution in [1.29, 1.82) is 0 Å². The highest BCUT2D eigenvalue weighted by atomic mass is 19.1. The maximum absolute atomic E-state index is 13.7. The zero-order valence-corrected chi connectivity index (χ0v) is 14.8. The van der Waals surface area contributed by atoms with Crippen LogP contribution in [-0.2, 0) is 16.1 Å². The summed E-state index contributed by atoms with van der Waals surface area (Å²) in [7, 11) is 1.67. The molecule has 3 rings (SSSR count). The van der Waals surface area contributed by atoms with Crippen LogP contribution < -0.4 is 10.7 Å². The molecule has 1 aliphatic heterocycles. The van der Waals surface area contributed by atoms with Crippen molar-refractivity contribution in [3.8, 4) is 0 Å². The summed E-state index contributed by atoms with van der Waals surface area (Å²) < 4.78 is 13.7. The van der Waals surface area contributed by atoms with Crippen molar-refractivity contribution in [2.45, 2.75) is 44.2 Å². The number of hydrazine groups is 1. The molecule has 0 aromatic heterocycles. The average Bonchev–Trinajstić information content (AvgIpc) is 2.81. The van der Waals surface area contributed by atoms with E-state index in [0.29, 0.717) is 18.4 Å². The van der Waals surface area contributed by atoms with Crippen LogP contribution in [0.1, 0.15) is 37.7 Å². The van der Waals surface area contributed by atoms with Gasteiger partial charge in [-0.3, -0.25) is 19.9 Å². The third kappa shape index (κ3) is 3.70. The second-order valence-electron chi connectivity index (χ2n) is 7.01. The largest absolute Gasteiger partial charge is 0.344 e. The molecule has 7 nitrogen and oxygen atoms in total. The van der Waals surface area contributed by atoms with Gasteiger partial charge in [0.2, 0.25) is 0 Å². The van der Waals surface area contributed by atoms with Crippen molar-refractivity contribution in [2.75, 3.05) is 13.6 Å². The lowest BCUT2D eigenvalue weighted by molar-refractivity contribution is -0.140. The number of nitrogens with zero attached hydrogens (tertiary/aromatic N) is 2. The Morgan fingerprint density at radius 3 is 2.65 bits per heavy atom. The van der Waals surface area contributed by atoms with Crippen molar-refractivity contribution >= 4 is 17.8 Å². The lowest BCUT2D eigenvalue weighted by Crippen LogP contribution is -2.52. The zero-order valence-electron chi connectivity index (χ0n) is 14.8. The Morgan fingerprint density at radius 1 is 1.27 bits per heavy atom. The smallest absolute Gasteiger partial charge is 0.322 e. The van der Waals surface area contributed by atoms with Crippen LogP contribution in [0.2, 0.25) is 0 Å².